The van der Waals surface area contributed by atoms with Crippen LogP contribution in [0.4, 0.5) is 4.79 Å². The first-order valence-corrected chi connectivity index (χ1v) is 7.54. The van der Waals surface area contributed by atoms with Gasteiger partial charge >= 0.3 is 12.0 Å². The molecule has 0 atom stereocenters. The Morgan fingerprint density at radius 1 is 1.20 bits per heavy atom. The molecule has 0 radical (unpaired) electrons. The van der Waals surface area contributed by atoms with Crippen molar-refractivity contribution in [1.82, 2.24) is 14.8 Å². The molecule has 1 N–H and O–H groups in total. The predicted molar refractivity (Wildman–Crippen MR) is 83.9 cm³/mol. The zero-order valence-corrected chi connectivity index (χ0v) is 13.1. The van der Waals surface area contributed by atoms with Gasteiger partial charge in [0, 0.05) is 25.4 Å². The second kappa shape index (κ2) is 7.04. The van der Waals surface area contributed by atoms with E-state index in [2.05, 4.69) is 5.32 Å². The van der Waals surface area contributed by atoms with Crippen LogP contribution in [0, 0.1) is 0 Å². The van der Waals surface area contributed by atoms with E-state index in [4.69, 9.17) is 9.15 Å². The molecule has 2 aromatic heterocycles. The summed E-state index contributed by atoms with van der Waals surface area (Å²) in [7, 11) is 0. The third-order valence-corrected chi connectivity index (χ3v) is 3.57. The number of hydrogen-bond donors (Lipinski definition) is 1. The van der Waals surface area contributed by atoms with Crippen LogP contribution < -0.4 is 10.9 Å². The van der Waals surface area contributed by atoms with Crippen LogP contribution in [0.2, 0.25) is 0 Å². The van der Waals surface area contributed by atoms with Gasteiger partial charge in [-0.15, -0.1) is 0 Å². The number of rotatable bonds is 5. The molecule has 0 saturated carbocycles. The van der Waals surface area contributed by atoms with Gasteiger partial charge in [-0.25, -0.2) is 9.59 Å². The molecule has 2 aromatic rings. The summed E-state index contributed by atoms with van der Waals surface area (Å²) < 4.78 is 11.6. The molecule has 0 aliphatic carbocycles. The number of esters is 1. The molecule has 130 valence electrons. The minimum absolute atomic E-state index is 0.0855. The number of pyridine rings is 1. The van der Waals surface area contributed by atoms with Crippen LogP contribution in [0.3, 0.4) is 0 Å². The largest absolute Gasteiger partial charge is 0.452 e. The fourth-order valence-electron chi connectivity index (χ4n) is 2.32. The maximum absolute atomic E-state index is 11.9. The highest BCUT2D eigenvalue weighted by atomic mass is 16.5. The summed E-state index contributed by atoms with van der Waals surface area (Å²) in [6.45, 7) is 0.227. The lowest BCUT2D eigenvalue weighted by atomic mass is 10.4. The Morgan fingerprint density at radius 2 is 2.04 bits per heavy atom. The molecule has 3 heterocycles. The van der Waals surface area contributed by atoms with E-state index in [1.54, 1.807) is 24.4 Å². The van der Waals surface area contributed by atoms with Crippen LogP contribution in [-0.4, -0.2) is 47.1 Å². The molecule has 25 heavy (non-hydrogen) atoms. The Balaban J connectivity index is 1.57. The number of hydrogen-bond acceptors (Lipinski definition) is 6. The normalized spacial score (nSPS) is 13.6. The highest BCUT2D eigenvalue weighted by Crippen LogP contribution is 2.10. The SMILES string of the molecule is O=C(OCC(=O)N1CCNC1=O)c1ccc(Cn2ccccc2=O)o1. The average molecular weight is 345 g/mol. The summed E-state index contributed by atoms with van der Waals surface area (Å²) in [6.07, 6.45) is 1.60. The molecule has 1 fully saturated rings. The number of furan rings is 1. The van der Waals surface area contributed by atoms with Crippen LogP contribution in [0.5, 0.6) is 0 Å². The summed E-state index contributed by atoms with van der Waals surface area (Å²) in [6, 6.07) is 7.19. The Labute approximate surface area is 141 Å². The van der Waals surface area contributed by atoms with E-state index >= 15 is 0 Å². The minimum atomic E-state index is -0.820. The molecule has 9 heteroatoms. The summed E-state index contributed by atoms with van der Waals surface area (Å²) in [5.41, 5.74) is -0.197. The molecule has 0 spiro atoms. The minimum Gasteiger partial charge on any atom is -0.452 e. The number of ether oxygens (including phenoxy) is 1. The first-order chi connectivity index (χ1) is 12.0. The maximum atomic E-state index is 11.9. The second-order valence-corrected chi connectivity index (χ2v) is 5.29. The zero-order valence-electron chi connectivity index (χ0n) is 13.1. The third kappa shape index (κ3) is 3.77. The Bertz CT molecular complexity index is 869. The highest BCUT2D eigenvalue weighted by Gasteiger charge is 2.27. The van der Waals surface area contributed by atoms with Gasteiger partial charge in [0.1, 0.15) is 5.76 Å². The number of carbonyl (C=O) groups excluding carboxylic acids is 3. The molecule has 3 rings (SSSR count). The molecule has 3 amide bonds. The molecule has 1 aliphatic rings. The molecule has 9 nitrogen and oxygen atoms in total. The van der Waals surface area contributed by atoms with Crippen LogP contribution in [0.1, 0.15) is 16.3 Å². The van der Waals surface area contributed by atoms with E-state index in [1.807, 2.05) is 0 Å². The van der Waals surface area contributed by atoms with E-state index in [0.717, 1.165) is 4.90 Å². The van der Waals surface area contributed by atoms with Gasteiger partial charge in [-0.3, -0.25) is 14.5 Å². The topological polar surface area (TPSA) is 111 Å². The molecule has 1 aliphatic heterocycles. The quantitative estimate of drug-likeness (QED) is 0.775. The van der Waals surface area contributed by atoms with Gasteiger partial charge in [0.05, 0.1) is 6.54 Å². The first-order valence-electron chi connectivity index (χ1n) is 7.54. The van der Waals surface area contributed by atoms with Gasteiger partial charge in [-0.05, 0) is 18.2 Å². The van der Waals surface area contributed by atoms with Crippen molar-refractivity contribution in [3.8, 4) is 0 Å². The number of imide groups is 1. The fraction of sp³-hybridized carbons (Fsp3) is 0.250. The second-order valence-electron chi connectivity index (χ2n) is 5.29. The lowest BCUT2D eigenvalue weighted by molar-refractivity contribution is -0.130. The first kappa shape index (κ1) is 16.5. The zero-order chi connectivity index (χ0) is 17.8. The van der Waals surface area contributed by atoms with Gasteiger partial charge < -0.3 is 19.0 Å². The molecule has 1 saturated heterocycles. The van der Waals surface area contributed by atoms with Crippen LogP contribution >= 0.6 is 0 Å². The lowest BCUT2D eigenvalue weighted by Gasteiger charge is -2.11. The molecular weight excluding hydrogens is 330 g/mol. The van der Waals surface area contributed by atoms with E-state index in [1.165, 1.54) is 16.7 Å². The van der Waals surface area contributed by atoms with Crippen LogP contribution in [0.15, 0.2) is 45.7 Å². The Kier molecular flexibility index (Phi) is 4.64. The predicted octanol–water partition coefficient (Wildman–Crippen LogP) is 0.198. The molecular formula is C16H15N3O6. The van der Waals surface area contributed by atoms with E-state index in [-0.39, 0.29) is 24.4 Å². The van der Waals surface area contributed by atoms with Gasteiger partial charge in [0.2, 0.25) is 5.76 Å². The Hall–Kier alpha value is -3.36. The number of carbonyl (C=O) groups is 3. The van der Waals surface area contributed by atoms with E-state index in [0.29, 0.717) is 12.3 Å². The number of urea groups is 1. The smallest absolute Gasteiger partial charge is 0.374 e. The molecule has 0 aromatic carbocycles. The van der Waals surface area contributed by atoms with Gasteiger partial charge in [0.25, 0.3) is 11.5 Å². The van der Waals surface area contributed by atoms with Crippen molar-refractivity contribution in [2.45, 2.75) is 6.54 Å². The summed E-state index contributed by atoms with van der Waals surface area (Å²) in [5.74, 6) is -1.12. The third-order valence-electron chi connectivity index (χ3n) is 3.57. The standard InChI is InChI=1S/C16H15N3O6/c20-13-3-1-2-7-18(13)9-11-4-5-12(25-11)15(22)24-10-14(21)19-8-6-17-16(19)23/h1-5,7H,6,8-10H2,(H,17,23). The lowest BCUT2D eigenvalue weighted by Crippen LogP contribution is -2.37. The maximum Gasteiger partial charge on any atom is 0.374 e. The van der Waals surface area contributed by atoms with Crippen molar-refractivity contribution in [3.63, 3.8) is 0 Å². The van der Waals surface area contributed by atoms with Gasteiger partial charge in [0.15, 0.2) is 6.61 Å². The van der Waals surface area contributed by atoms with E-state index < -0.39 is 24.5 Å². The van der Waals surface area contributed by atoms with Crippen molar-refractivity contribution in [1.29, 1.82) is 0 Å². The van der Waals surface area contributed by atoms with Crippen molar-refractivity contribution in [2.24, 2.45) is 0 Å². The summed E-state index contributed by atoms with van der Waals surface area (Å²) >= 11 is 0. The Morgan fingerprint density at radius 3 is 2.76 bits per heavy atom. The highest BCUT2D eigenvalue weighted by molar-refractivity contribution is 5.97. The molecule has 0 bridgehead atoms. The number of nitrogens with zero attached hydrogens (tertiary/aromatic N) is 2. The monoisotopic (exact) mass is 345 g/mol. The van der Waals surface area contributed by atoms with Gasteiger partial charge in [-0.2, -0.15) is 0 Å². The molecule has 0 unspecified atom stereocenters. The number of nitrogens with one attached hydrogen (secondary N) is 1. The average Bonchev–Trinajstić information content (AvgIpc) is 3.23. The van der Waals surface area contributed by atoms with Crippen molar-refractivity contribution >= 4 is 17.9 Å². The van der Waals surface area contributed by atoms with Crippen molar-refractivity contribution in [2.75, 3.05) is 19.7 Å². The fourth-order valence-corrected chi connectivity index (χ4v) is 2.32. The summed E-state index contributed by atoms with van der Waals surface area (Å²) in [4.78, 5) is 47.7. The van der Waals surface area contributed by atoms with Crippen LogP contribution in [-0.2, 0) is 16.1 Å². The van der Waals surface area contributed by atoms with Crippen LogP contribution in [0.25, 0.3) is 0 Å². The number of aromatic nitrogens is 1. The van der Waals surface area contributed by atoms with Crippen molar-refractivity contribution in [3.05, 3.63) is 58.4 Å². The van der Waals surface area contributed by atoms with Crippen molar-refractivity contribution < 1.29 is 23.5 Å². The van der Waals surface area contributed by atoms with Gasteiger partial charge in [-0.1, -0.05) is 6.07 Å². The number of amides is 3. The van der Waals surface area contributed by atoms with E-state index in [9.17, 15) is 19.2 Å². The summed E-state index contributed by atoms with van der Waals surface area (Å²) in [5, 5.41) is 2.48.